The molecule has 0 fully saturated rings. The number of aliphatic carboxylic acids is 1. The van der Waals surface area contributed by atoms with Crippen LogP contribution in [0.5, 0.6) is 0 Å². The number of aromatic nitrogens is 1. The van der Waals surface area contributed by atoms with Crippen molar-refractivity contribution in [2.24, 2.45) is 5.10 Å². The summed E-state index contributed by atoms with van der Waals surface area (Å²) in [6.07, 6.45) is 0.250. The highest BCUT2D eigenvalue weighted by atomic mass is 32.1. The number of rotatable bonds is 6. The lowest BCUT2D eigenvalue weighted by Crippen LogP contribution is -2.17. The van der Waals surface area contributed by atoms with E-state index in [0.29, 0.717) is 5.13 Å². The number of nitrogens with one attached hydrogen (secondary N) is 1. The lowest BCUT2D eigenvalue weighted by molar-refractivity contribution is -0.129. The van der Waals surface area contributed by atoms with Gasteiger partial charge in [0.25, 0.3) is 0 Å². The van der Waals surface area contributed by atoms with E-state index >= 15 is 0 Å². The van der Waals surface area contributed by atoms with Crippen LogP contribution in [0.4, 0.5) is 5.13 Å². The number of hydrazone groups is 1. The molecule has 0 saturated carbocycles. The van der Waals surface area contributed by atoms with Crippen LogP contribution in [0.25, 0.3) is 11.3 Å². The second-order valence-electron chi connectivity index (χ2n) is 5.04. The van der Waals surface area contributed by atoms with Gasteiger partial charge in [0, 0.05) is 17.4 Å². The van der Waals surface area contributed by atoms with Crippen molar-refractivity contribution in [2.45, 2.75) is 6.42 Å². The van der Waals surface area contributed by atoms with Crippen molar-refractivity contribution in [3.8, 4) is 11.3 Å². The maximum atomic E-state index is 11.4. The van der Waals surface area contributed by atoms with E-state index in [0.717, 1.165) is 16.8 Å². The minimum absolute atomic E-state index is 0.0395. The van der Waals surface area contributed by atoms with Crippen LogP contribution in [0.1, 0.15) is 5.56 Å². The third kappa shape index (κ3) is 4.05. The molecule has 0 aliphatic carbocycles. The number of anilines is 1. The highest BCUT2D eigenvalue weighted by molar-refractivity contribution is 7.14. The first-order valence-corrected chi connectivity index (χ1v) is 8.21. The fourth-order valence-corrected chi connectivity index (χ4v) is 2.80. The summed E-state index contributed by atoms with van der Waals surface area (Å²) >= 11 is 1.38. The summed E-state index contributed by atoms with van der Waals surface area (Å²) < 4.78 is 0. The first kappa shape index (κ1) is 15.9. The number of nitrogens with zero attached hydrogens (tertiary/aromatic N) is 2. The zero-order valence-electron chi connectivity index (χ0n) is 12.7. The van der Waals surface area contributed by atoms with Crippen LogP contribution in [-0.4, -0.2) is 21.8 Å². The Morgan fingerprint density at radius 2 is 1.75 bits per heavy atom. The lowest BCUT2D eigenvalue weighted by Gasteiger charge is -2.02. The quantitative estimate of drug-likeness (QED) is 0.528. The van der Waals surface area contributed by atoms with Gasteiger partial charge in [-0.1, -0.05) is 60.7 Å². The molecule has 3 rings (SSSR count). The highest BCUT2D eigenvalue weighted by Gasteiger charge is 2.11. The van der Waals surface area contributed by atoms with Gasteiger partial charge < -0.3 is 5.11 Å². The van der Waals surface area contributed by atoms with E-state index in [1.165, 1.54) is 11.3 Å². The molecule has 6 heteroatoms. The molecular formula is C18H15N3O2S. The number of hydrogen-bond donors (Lipinski definition) is 2. The van der Waals surface area contributed by atoms with Crippen molar-refractivity contribution in [1.29, 1.82) is 0 Å². The van der Waals surface area contributed by atoms with E-state index in [-0.39, 0.29) is 12.1 Å². The molecule has 0 amide bonds. The monoisotopic (exact) mass is 337 g/mol. The molecule has 2 aromatic carbocycles. The number of benzene rings is 2. The predicted molar refractivity (Wildman–Crippen MR) is 96.4 cm³/mol. The maximum Gasteiger partial charge on any atom is 0.352 e. The first-order chi connectivity index (χ1) is 11.7. The normalized spacial score (nSPS) is 11.2. The molecule has 0 aliphatic heterocycles. The Bertz CT molecular complexity index is 845. The molecule has 5 nitrogen and oxygen atoms in total. The van der Waals surface area contributed by atoms with Crippen LogP contribution in [0.2, 0.25) is 0 Å². The summed E-state index contributed by atoms with van der Waals surface area (Å²) in [6.45, 7) is 0. The molecule has 120 valence electrons. The van der Waals surface area contributed by atoms with Gasteiger partial charge in [-0.3, -0.25) is 5.43 Å². The lowest BCUT2D eigenvalue weighted by atomic mass is 10.1. The Kier molecular flexibility index (Phi) is 4.98. The van der Waals surface area contributed by atoms with E-state index in [2.05, 4.69) is 15.5 Å². The number of hydrogen-bond acceptors (Lipinski definition) is 5. The molecule has 3 aromatic rings. The second kappa shape index (κ2) is 7.52. The summed E-state index contributed by atoms with van der Waals surface area (Å²) in [5, 5.41) is 15.8. The Labute approximate surface area is 143 Å². The third-order valence-corrected chi connectivity index (χ3v) is 4.07. The van der Waals surface area contributed by atoms with Gasteiger partial charge in [-0.2, -0.15) is 5.10 Å². The Hall–Kier alpha value is -2.99. The topological polar surface area (TPSA) is 74.6 Å². The van der Waals surface area contributed by atoms with Crippen LogP contribution in [0.3, 0.4) is 0 Å². The molecule has 24 heavy (non-hydrogen) atoms. The molecule has 1 aromatic heterocycles. The Morgan fingerprint density at radius 3 is 2.42 bits per heavy atom. The zero-order chi connectivity index (χ0) is 16.8. The average Bonchev–Trinajstić information content (AvgIpc) is 3.09. The van der Waals surface area contributed by atoms with Gasteiger partial charge in [-0.05, 0) is 5.56 Å². The summed E-state index contributed by atoms with van der Waals surface area (Å²) in [5.74, 6) is -1.05. The van der Waals surface area contributed by atoms with Crippen LogP contribution in [0, 0.1) is 0 Å². The molecule has 0 spiro atoms. The van der Waals surface area contributed by atoms with Gasteiger partial charge in [0.1, 0.15) is 5.71 Å². The standard InChI is InChI=1S/C18H15N3O2S/c22-17(23)15(11-13-7-3-1-4-8-13)20-21-18-19-16(12-24-18)14-9-5-2-6-10-14/h1-10,12H,11H2,(H,19,21)(H,22,23)/b20-15-. The molecular weight excluding hydrogens is 322 g/mol. The van der Waals surface area contributed by atoms with E-state index in [1.54, 1.807) is 0 Å². The number of thiazole rings is 1. The van der Waals surface area contributed by atoms with Crippen molar-refractivity contribution < 1.29 is 9.90 Å². The molecule has 0 atom stereocenters. The predicted octanol–water partition coefficient (Wildman–Crippen LogP) is 3.91. The van der Waals surface area contributed by atoms with Crippen LogP contribution in [-0.2, 0) is 11.2 Å². The first-order valence-electron chi connectivity index (χ1n) is 7.33. The minimum atomic E-state index is -1.05. The Balaban J connectivity index is 1.73. The number of carboxylic acids is 1. The maximum absolute atomic E-state index is 11.4. The fourth-order valence-electron chi connectivity index (χ4n) is 2.13. The van der Waals surface area contributed by atoms with E-state index < -0.39 is 5.97 Å². The van der Waals surface area contributed by atoms with E-state index in [1.807, 2.05) is 66.0 Å². The fraction of sp³-hybridized carbons (Fsp3) is 0.0556. The van der Waals surface area contributed by atoms with E-state index in [9.17, 15) is 9.90 Å². The summed E-state index contributed by atoms with van der Waals surface area (Å²) in [4.78, 5) is 15.8. The number of carbonyl (C=O) groups is 1. The van der Waals surface area contributed by atoms with Gasteiger partial charge >= 0.3 is 5.97 Å². The summed E-state index contributed by atoms with van der Waals surface area (Å²) in [5.41, 5.74) is 5.52. The SMILES string of the molecule is O=C(O)/C(Cc1ccccc1)=N\Nc1nc(-c2ccccc2)cs1. The van der Waals surface area contributed by atoms with Crippen LogP contribution in [0.15, 0.2) is 71.1 Å². The Morgan fingerprint density at radius 1 is 1.08 bits per heavy atom. The largest absolute Gasteiger partial charge is 0.477 e. The minimum Gasteiger partial charge on any atom is -0.477 e. The van der Waals surface area contributed by atoms with Crippen molar-refractivity contribution in [3.63, 3.8) is 0 Å². The zero-order valence-corrected chi connectivity index (χ0v) is 13.5. The van der Waals surface area contributed by atoms with Gasteiger partial charge in [-0.25, -0.2) is 9.78 Å². The highest BCUT2D eigenvalue weighted by Crippen LogP contribution is 2.24. The van der Waals surface area contributed by atoms with E-state index in [4.69, 9.17) is 0 Å². The molecule has 0 bridgehead atoms. The third-order valence-electron chi connectivity index (χ3n) is 3.32. The average molecular weight is 337 g/mol. The molecule has 0 radical (unpaired) electrons. The van der Waals surface area contributed by atoms with Crippen molar-refractivity contribution >= 4 is 28.1 Å². The van der Waals surface area contributed by atoms with Crippen molar-refractivity contribution in [2.75, 3.05) is 5.43 Å². The number of carboxylic acid groups (broad SMARTS) is 1. The summed E-state index contributed by atoms with van der Waals surface area (Å²) in [7, 11) is 0. The molecule has 1 heterocycles. The molecule has 0 aliphatic rings. The van der Waals surface area contributed by atoms with Crippen LogP contribution < -0.4 is 5.43 Å². The van der Waals surface area contributed by atoms with Crippen molar-refractivity contribution in [3.05, 3.63) is 71.6 Å². The second-order valence-corrected chi connectivity index (χ2v) is 5.90. The molecule has 0 saturated heterocycles. The van der Waals surface area contributed by atoms with Crippen LogP contribution >= 0.6 is 11.3 Å². The van der Waals surface area contributed by atoms with Gasteiger partial charge in [-0.15, -0.1) is 11.3 Å². The molecule has 0 unspecified atom stereocenters. The molecule has 2 N–H and O–H groups in total. The van der Waals surface area contributed by atoms with Gasteiger partial charge in [0.05, 0.1) is 5.69 Å². The van der Waals surface area contributed by atoms with Gasteiger partial charge in [0.15, 0.2) is 0 Å². The van der Waals surface area contributed by atoms with Gasteiger partial charge in [0.2, 0.25) is 5.13 Å². The van der Waals surface area contributed by atoms with Crippen molar-refractivity contribution in [1.82, 2.24) is 4.98 Å². The smallest absolute Gasteiger partial charge is 0.352 e. The summed E-state index contributed by atoms with van der Waals surface area (Å²) in [6, 6.07) is 19.2.